The molecule has 1 aromatic rings. The van der Waals surface area contributed by atoms with E-state index >= 15 is 0 Å². The molecule has 1 nitrogen and oxygen atoms in total. The summed E-state index contributed by atoms with van der Waals surface area (Å²) < 4.78 is 1.19. The number of benzene rings is 1. The van der Waals surface area contributed by atoms with Crippen LogP contribution in [0.15, 0.2) is 22.7 Å². The van der Waals surface area contributed by atoms with Gasteiger partial charge in [-0.2, -0.15) is 0 Å². The Kier molecular flexibility index (Phi) is 2.67. The van der Waals surface area contributed by atoms with E-state index in [0.717, 1.165) is 6.54 Å². The highest BCUT2D eigenvalue weighted by molar-refractivity contribution is 9.10. The first-order chi connectivity index (χ1) is 6.59. The summed E-state index contributed by atoms with van der Waals surface area (Å²) in [5, 5.41) is 0. The minimum absolute atomic E-state index is 0.568. The molecule has 0 spiro atoms. The third kappa shape index (κ3) is 1.61. The van der Waals surface area contributed by atoms with E-state index in [9.17, 15) is 0 Å². The molecule has 14 heavy (non-hydrogen) atoms. The first kappa shape index (κ1) is 10.2. The van der Waals surface area contributed by atoms with Crippen molar-refractivity contribution >= 4 is 15.9 Å². The van der Waals surface area contributed by atoms with E-state index in [1.165, 1.54) is 15.6 Å². The highest BCUT2D eigenvalue weighted by Gasteiger charge is 2.27. The number of halogens is 1. The quantitative estimate of drug-likeness (QED) is 0.738. The van der Waals surface area contributed by atoms with Crippen LogP contribution in [0.25, 0.3) is 0 Å². The molecule has 0 aliphatic carbocycles. The molecule has 1 heterocycles. The van der Waals surface area contributed by atoms with E-state index in [1.807, 2.05) is 0 Å². The molecule has 0 saturated heterocycles. The second-order valence-corrected chi connectivity index (χ2v) is 5.20. The van der Waals surface area contributed by atoms with Crippen LogP contribution in [0, 0.1) is 0 Å². The summed E-state index contributed by atoms with van der Waals surface area (Å²) in [5.41, 5.74) is 2.96. The van der Waals surface area contributed by atoms with E-state index in [4.69, 9.17) is 0 Å². The molecule has 0 radical (unpaired) electrons. The highest BCUT2D eigenvalue weighted by atomic mass is 79.9. The van der Waals surface area contributed by atoms with Crippen LogP contribution in [0.3, 0.4) is 0 Å². The summed E-state index contributed by atoms with van der Waals surface area (Å²) in [6, 6.07) is 7.81. The van der Waals surface area contributed by atoms with Crippen molar-refractivity contribution in [3.05, 3.63) is 33.8 Å². The van der Waals surface area contributed by atoms with Gasteiger partial charge in [0.15, 0.2) is 0 Å². The van der Waals surface area contributed by atoms with Crippen molar-refractivity contribution in [1.29, 1.82) is 0 Å². The topological polar surface area (TPSA) is 3.24 Å². The lowest BCUT2D eigenvalue weighted by Gasteiger charge is -2.25. The molecule has 0 N–H and O–H groups in total. The van der Waals surface area contributed by atoms with Gasteiger partial charge in [-0.1, -0.05) is 22.0 Å². The number of fused-ring (bicyclic) bond motifs is 1. The van der Waals surface area contributed by atoms with Gasteiger partial charge in [-0.3, -0.25) is 4.90 Å². The van der Waals surface area contributed by atoms with Crippen molar-refractivity contribution in [3.8, 4) is 0 Å². The Hall–Kier alpha value is -0.340. The van der Waals surface area contributed by atoms with Crippen molar-refractivity contribution in [2.24, 2.45) is 0 Å². The second-order valence-electron chi connectivity index (χ2n) is 4.29. The van der Waals surface area contributed by atoms with Crippen LogP contribution in [-0.2, 0) is 6.54 Å². The van der Waals surface area contributed by atoms with Crippen LogP contribution >= 0.6 is 15.9 Å². The summed E-state index contributed by atoms with van der Waals surface area (Å²) in [6.07, 6.45) is 0. The molecular weight excluding hydrogens is 238 g/mol. The smallest absolute Gasteiger partial charge is 0.0329 e. The number of nitrogens with zero attached hydrogens (tertiary/aromatic N) is 1. The Labute approximate surface area is 94.2 Å². The third-order valence-electron chi connectivity index (χ3n) is 3.07. The van der Waals surface area contributed by atoms with Gasteiger partial charge in [0.25, 0.3) is 0 Å². The van der Waals surface area contributed by atoms with Gasteiger partial charge in [0.05, 0.1) is 0 Å². The van der Waals surface area contributed by atoms with E-state index in [-0.39, 0.29) is 0 Å². The molecule has 2 heteroatoms. The third-order valence-corrected chi connectivity index (χ3v) is 3.56. The number of rotatable bonds is 1. The molecule has 76 valence electrons. The Morgan fingerprint density at radius 2 is 2.14 bits per heavy atom. The van der Waals surface area contributed by atoms with E-state index in [2.05, 4.69) is 59.8 Å². The Morgan fingerprint density at radius 1 is 1.43 bits per heavy atom. The molecule has 0 amide bonds. The maximum absolute atomic E-state index is 3.52. The van der Waals surface area contributed by atoms with Crippen LogP contribution in [0.2, 0.25) is 0 Å². The van der Waals surface area contributed by atoms with Crippen LogP contribution in [0.4, 0.5) is 0 Å². The summed E-state index contributed by atoms with van der Waals surface area (Å²) >= 11 is 3.52. The van der Waals surface area contributed by atoms with E-state index in [0.29, 0.717) is 12.1 Å². The molecule has 0 fully saturated rings. The average Bonchev–Trinajstić information content (AvgIpc) is 2.43. The fraction of sp³-hybridized carbons (Fsp3) is 0.500. The first-order valence-corrected chi connectivity index (χ1v) is 5.93. The van der Waals surface area contributed by atoms with Gasteiger partial charge in [-0.05, 0) is 44.0 Å². The van der Waals surface area contributed by atoms with Crippen LogP contribution in [-0.4, -0.2) is 10.9 Å². The Bertz CT molecular complexity index is 346. The van der Waals surface area contributed by atoms with Crippen molar-refractivity contribution in [3.63, 3.8) is 0 Å². The van der Waals surface area contributed by atoms with Gasteiger partial charge in [0, 0.05) is 23.1 Å². The maximum Gasteiger partial charge on any atom is 0.0329 e. The summed E-state index contributed by atoms with van der Waals surface area (Å²) in [5.74, 6) is 0. The number of hydrogen-bond acceptors (Lipinski definition) is 1. The standard InChI is InChI=1S/C12H16BrN/c1-8(2)14-7-10-6-11(13)4-5-12(10)9(14)3/h4-6,8-9H,7H2,1-3H3. The van der Waals surface area contributed by atoms with Crippen LogP contribution in [0.1, 0.15) is 37.9 Å². The summed E-state index contributed by atoms with van der Waals surface area (Å²) in [6.45, 7) is 7.90. The van der Waals surface area contributed by atoms with Gasteiger partial charge in [0.1, 0.15) is 0 Å². The number of hydrogen-bond donors (Lipinski definition) is 0. The van der Waals surface area contributed by atoms with Gasteiger partial charge in [0.2, 0.25) is 0 Å². The molecule has 0 saturated carbocycles. The minimum atomic E-state index is 0.568. The van der Waals surface area contributed by atoms with E-state index < -0.39 is 0 Å². The normalized spacial score (nSPS) is 21.6. The zero-order chi connectivity index (χ0) is 10.3. The van der Waals surface area contributed by atoms with Gasteiger partial charge >= 0.3 is 0 Å². The predicted octanol–water partition coefficient (Wildman–Crippen LogP) is 3.73. The van der Waals surface area contributed by atoms with E-state index in [1.54, 1.807) is 0 Å². The van der Waals surface area contributed by atoms with Crippen molar-refractivity contribution in [1.82, 2.24) is 4.90 Å². The van der Waals surface area contributed by atoms with Crippen molar-refractivity contribution in [2.75, 3.05) is 0 Å². The highest BCUT2D eigenvalue weighted by Crippen LogP contribution is 2.35. The molecule has 0 bridgehead atoms. The Morgan fingerprint density at radius 3 is 2.79 bits per heavy atom. The SMILES string of the molecule is CC(C)N1Cc2cc(Br)ccc2C1C. The fourth-order valence-electron chi connectivity index (χ4n) is 2.26. The van der Waals surface area contributed by atoms with Crippen molar-refractivity contribution < 1.29 is 0 Å². The summed E-state index contributed by atoms with van der Waals surface area (Å²) in [4.78, 5) is 2.52. The van der Waals surface area contributed by atoms with Crippen LogP contribution < -0.4 is 0 Å². The first-order valence-electron chi connectivity index (χ1n) is 5.13. The maximum atomic E-state index is 3.52. The Balaban J connectivity index is 2.35. The predicted molar refractivity (Wildman–Crippen MR) is 63.2 cm³/mol. The lowest BCUT2D eigenvalue weighted by atomic mass is 10.1. The van der Waals surface area contributed by atoms with Gasteiger partial charge in [-0.15, -0.1) is 0 Å². The van der Waals surface area contributed by atoms with Gasteiger partial charge < -0.3 is 0 Å². The fourth-order valence-corrected chi connectivity index (χ4v) is 2.67. The summed E-state index contributed by atoms with van der Waals surface area (Å²) in [7, 11) is 0. The van der Waals surface area contributed by atoms with Crippen LogP contribution in [0.5, 0.6) is 0 Å². The monoisotopic (exact) mass is 253 g/mol. The molecule has 2 rings (SSSR count). The molecular formula is C12H16BrN. The minimum Gasteiger partial charge on any atom is -0.290 e. The molecule has 1 aromatic carbocycles. The van der Waals surface area contributed by atoms with Crippen molar-refractivity contribution in [2.45, 2.75) is 39.4 Å². The largest absolute Gasteiger partial charge is 0.290 e. The molecule has 1 atom stereocenters. The zero-order valence-corrected chi connectivity index (χ0v) is 10.5. The molecule has 1 aliphatic heterocycles. The lowest BCUT2D eigenvalue weighted by Crippen LogP contribution is -2.27. The lowest BCUT2D eigenvalue weighted by molar-refractivity contribution is 0.180. The molecule has 0 aromatic heterocycles. The zero-order valence-electron chi connectivity index (χ0n) is 8.92. The second kappa shape index (κ2) is 3.67. The van der Waals surface area contributed by atoms with Gasteiger partial charge in [-0.25, -0.2) is 0 Å². The molecule has 1 aliphatic rings. The molecule has 1 unspecified atom stereocenters. The average molecular weight is 254 g/mol.